The number of nitrogens with zero attached hydrogens (tertiary/aromatic N) is 2. The summed E-state index contributed by atoms with van der Waals surface area (Å²) in [6.07, 6.45) is 1.59. The Labute approximate surface area is 156 Å². The Hall–Kier alpha value is -3.03. The number of amides is 3. The van der Waals surface area contributed by atoms with Gasteiger partial charge in [-0.25, -0.2) is 4.98 Å². The first-order valence-electron chi connectivity index (χ1n) is 9.03. The molecule has 2 heterocycles. The predicted molar refractivity (Wildman–Crippen MR) is 98.9 cm³/mol. The summed E-state index contributed by atoms with van der Waals surface area (Å²) in [5, 5.41) is 5.46. The van der Waals surface area contributed by atoms with Crippen LogP contribution < -0.4 is 16.2 Å². The highest BCUT2D eigenvalue weighted by atomic mass is 16.2. The Balaban J connectivity index is 2.05. The van der Waals surface area contributed by atoms with Gasteiger partial charge in [0, 0.05) is 19.4 Å². The molecule has 0 radical (unpaired) electrons. The lowest BCUT2D eigenvalue weighted by molar-refractivity contribution is -0.135. The summed E-state index contributed by atoms with van der Waals surface area (Å²) >= 11 is 0. The van der Waals surface area contributed by atoms with Gasteiger partial charge in [-0.3, -0.25) is 29.1 Å². The van der Waals surface area contributed by atoms with Crippen molar-refractivity contribution >= 4 is 28.6 Å². The number of rotatable bonds is 5. The van der Waals surface area contributed by atoms with Gasteiger partial charge in [-0.05, 0) is 31.4 Å². The molecular weight excluding hydrogens is 348 g/mol. The van der Waals surface area contributed by atoms with Crippen LogP contribution in [0.5, 0.6) is 0 Å². The third-order valence-corrected chi connectivity index (χ3v) is 4.67. The molecule has 0 bridgehead atoms. The number of benzene rings is 1. The monoisotopic (exact) mass is 370 g/mol. The Bertz CT molecular complexity index is 980. The highest BCUT2D eigenvalue weighted by Crippen LogP contribution is 2.21. The van der Waals surface area contributed by atoms with Crippen molar-refractivity contribution in [1.82, 2.24) is 20.2 Å². The van der Waals surface area contributed by atoms with Crippen molar-refractivity contribution in [1.29, 1.82) is 0 Å². The van der Waals surface area contributed by atoms with Crippen molar-refractivity contribution < 1.29 is 14.4 Å². The van der Waals surface area contributed by atoms with Crippen LogP contribution in [0.4, 0.5) is 0 Å². The summed E-state index contributed by atoms with van der Waals surface area (Å²) < 4.78 is 1.35. The maximum Gasteiger partial charge on any atom is 0.262 e. The fraction of sp³-hybridized carbons (Fsp3) is 0.421. The molecule has 2 N–H and O–H groups in total. The average Bonchev–Trinajstić information content (AvgIpc) is 2.61. The lowest BCUT2D eigenvalue weighted by atomic mass is 10.0. The molecule has 8 nitrogen and oxygen atoms in total. The normalized spacial score (nSPS) is 17.0. The minimum Gasteiger partial charge on any atom is -0.352 e. The highest BCUT2D eigenvalue weighted by Gasteiger charge is 2.30. The van der Waals surface area contributed by atoms with Crippen LogP contribution in [0.3, 0.4) is 0 Å². The maximum absolute atomic E-state index is 13.2. The fourth-order valence-electron chi connectivity index (χ4n) is 3.37. The average molecular weight is 370 g/mol. The lowest BCUT2D eigenvalue weighted by Crippen LogP contribution is -2.45. The number of hydrogen-bond donors (Lipinski definition) is 2. The Morgan fingerprint density at radius 3 is 2.81 bits per heavy atom. The molecule has 0 aliphatic carbocycles. The van der Waals surface area contributed by atoms with Gasteiger partial charge in [-0.1, -0.05) is 19.1 Å². The van der Waals surface area contributed by atoms with Crippen LogP contribution in [0, 0.1) is 6.92 Å². The number of imide groups is 1. The number of hydrogen-bond acceptors (Lipinski definition) is 5. The predicted octanol–water partition coefficient (Wildman–Crippen LogP) is 1.10. The zero-order valence-electron chi connectivity index (χ0n) is 15.4. The number of aromatic nitrogens is 2. The SMILES string of the molecule is CCCC(=O)NCc1cccc2nc(C)n(C3CCC(=O)NC3=O)c(=O)c12. The summed E-state index contributed by atoms with van der Waals surface area (Å²) in [6, 6.07) is 4.51. The zero-order valence-corrected chi connectivity index (χ0v) is 15.4. The molecule has 1 aliphatic heterocycles. The van der Waals surface area contributed by atoms with Gasteiger partial charge in [0.25, 0.3) is 5.56 Å². The first-order valence-corrected chi connectivity index (χ1v) is 9.03. The minimum absolute atomic E-state index is 0.0833. The number of aryl methyl sites for hydroxylation is 1. The molecule has 3 amide bonds. The van der Waals surface area contributed by atoms with E-state index in [0.717, 1.165) is 6.42 Å². The molecule has 3 rings (SSSR count). The van der Waals surface area contributed by atoms with Crippen LogP contribution in [0.25, 0.3) is 10.9 Å². The van der Waals surface area contributed by atoms with Crippen molar-refractivity contribution in [3.05, 3.63) is 39.9 Å². The molecule has 2 aromatic rings. The van der Waals surface area contributed by atoms with Gasteiger partial charge in [-0.15, -0.1) is 0 Å². The van der Waals surface area contributed by atoms with E-state index in [4.69, 9.17) is 0 Å². The fourth-order valence-corrected chi connectivity index (χ4v) is 3.37. The van der Waals surface area contributed by atoms with E-state index in [1.54, 1.807) is 25.1 Å². The number of carbonyl (C=O) groups is 3. The van der Waals surface area contributed by atoms with Gasteiger partial charge in [0.05, 0.1) is 10.9 Å². The molecule has 1 saturated heterocycles. The first-order chi connectivity index (χ1) is 12.9. The van der Waals surface area contributed by atoms with E-state index in [9.17, 15) is 19.2 Å². The molecule has 1 unspecified atom stereocenters. The number of nitrogens with one attached hydrogen (secondary N) is 2. The number of piperidine rings is 1. The van der Waals surface area contributed by atoms with Crippen LogP contribution in [0.15, 0.2) is 23.0 Å². The van der Waals surface area contributed by atoms with Gasteiger partial charge in [0.2, 0.25) is 17.7 Å². The van der Waals surface area contributed by atoms with Crippen molar-refractivity contribution in [2.75, 3.05) is 0 Å². The maximum atomic E-state index is 13.2. The van der Waals surface area contributed by atoms with Crippen LogP contribution >= 0.6 is 0 Å². The molecule has 1 aromatic heterocycles. The van der Waals surface area contributed by atoms with Crippen LogP contribution in [0.1, 0.15) is 50.0 Å². The van der Waals surface area contributed by atoms with Gasteiger partial charge in [0.15, 0.2) is 0 Å². The molecule has 0 spiro atoms. The Morgan fingerprint density at radius 2 is 2.11 bits per heavy atom. The van der Waals surface area contributed by atoms with Gasteiger partial charge >= 0.3 is 0 Å². The van der Waals surface area contributed by atoms with Crippen molar-refractivity contribution in [3.63, 3.8) is 0 Å². The van der Waals surface area contributed by atoms with Crippen LogP contribution in [0.2, 0.25) is 0 Å². The molecule has 1 aromatic carbocycles. The second-order valence-electron chi connectivity index (χ2n) is 6.64. The number of carbonyl (C=O) groups excluding carboxylic acids is 3. The van der Waals surface area contributed by atoms with Crippen molar-refractivity contribution in [2.45, 2.75) is 52.1 Å². The van der Waals surface area contributed by atoms with Crippen LogP contribution in [-0.2, 0) is 20.9 Å². The summed E-state index contributed by atoms with van der Waals surface area (Å²) in [6.45, 7) is 3.80. The molecule has 0 saturated carbocycles. The van der Waals surface area contributed by atoms with E-state index >= 15 is 0 Å². The lowest BCUT2D eigenvalue weighted by Gasteiger charge is -2.24. The van der Waals surface area contributed by atoms with E-state index in [0.29, 0.717) is 28.7 Å². The van der Waals surface area contributed by atoms with Gasteiger partial charge in [0.1, 0.15) is 11.9 Å². The smallest absolute Gasteiger partial charge is 0.262 e. The van der Waals surface area contributed by atoms with Gasteiger partial charge < -0.3 is 5.32 Å². The second kappa shape index (κ2) is 7.69. The first kappa shape index (κ1) is 18.8. The van der Waals surface area contributed by atoms with E-state index in [2.05, 4.69) is 15.6 Å². The molecular formula is C19H22N4O4. The van der Waals surface area contributed by atoms with E-state index in [1.807, 2.05) is 6.92 Å². The molecule has 1 aliphatic rings. The standard InChI is InChI=1S/C19H22N4O4/c1-3-5-15(24)20-10-12-6-4-7-13-17(12)19(27)23(11(2)21-13)14-8-9-16(25)22-18(14)26/h4,6-7,14H,3,5,8-10H2,1-2H3,(H,20,24)(H,22,25,26). The molecule has 27 heavy (non-hydrogen) atoms. The summed E-state index contributed by atoms with van der Waals surface area (Å²) in [4.78, 5) is 53.1. The molecule has 8 heteroatoms. The van der Waals surface area contributed by atoms with E-state index in [1.165, 1.54) is 4.57 Å². The zero-order chi connectivity index (χ0) is 19.6. The minimum atomic E-state index is -0.769. The largest absolute Gasteiger partial charge is 0.352 e. The van der Waals surface area contributed by atoms with Gasteiger partial charge in [-0.2, -0.15) is 0 Å². The van der Waals surface area contributed by atoms with Crippen molar-refractivity contribution in [2.24, 2.45) is 0 Å². The summed E-state index contributed by atoms with van der Waals surface area (Å²) in [7, 11) is 0. The highest BCUT2D eigenvalue weighted by molar-refractivity contribution is 5.99. The topological polar surface area (TPSA) is 110 Å². The Kier molecular flexibility index (Phi) is 5.34. The van der Waals surface area contributed by atoms with E-state index in [-0.39, 0.29) is 36.8 Å². The van der Waals surface area contributed by atoms with Crippen molar-refractivity contribution in [3.8, 4) is 0 Å². The third kappa shape index (κ3) is 3.74. The Morgan fingerprint density at radius 1 is 1.33 bits per heavy atom. The quantitative estimate of drug-likeness (QED) is 0.766. The summed E-state index contributed by atoms with van der Waals surface area (Å²) in [5.41, 5.74) is 0.825. The van der Waals surface area contributed by atoms with E-state index < -0.39 is 11.9 Å². The molecule has 1 fully saturated rings. The molecule has 142 valence electrons. The van der Waals surface area contributed by atoms with Crippen LogP contribution in [-0.4, -0.2) is 27.3 Å². The summed E-state index contributed by atoms with van der Waals surface area (Å²) in [5.74, 6) is -0.504. The second-order valence-corrected chi connectivity index (χ2v) is 6.64. The third-order valence-electron chi connectivity index (χ3n) is 4.67. The number of fused-ring (bicyclic) bond motifs is 1. The molecule has 1 atom stereocenters.